The van der Waals surface area contributed by atoms with E-state index < -0.39 is 58.7 Å². The fraction of sp³-hybridized carbons (Fsp3) is 0.477. The van der Waals surface area contributed by atoms with Crippen molar-refractivity contribution < 1.29 is 47.3 Å². The molecule has 1 saturated carbocycles. The quantitative estimate of drug-likeness (QED) is 0.142. The summed E-state index contributed by atoms with van der Waals surface area (Å²) in [6.45, 7) is 19.3. The molecule has 14 nitrogen and oxygen atoms in total. The molecular formula is C44H56FN5O9. The number of ether oxygens (including phenoxy) is 4. The molecule has 2 aromatic carbocycles. The topological polar surface area (TPSA) is 158 Å². The summed E-state index contributed by atoms with van der Waals surface area (Å²) in [5, 5.41) is 0. The molecule has 1 aliphatic rings. The zero-order chi connectivity index (χ0) is 44.2. The van der Waals surface area contributed by atoms with Gasteiger partial charge in [-0.2, -0.15) is 4.90 Å². The van der Waals surface area contributed by atoms with Crippen LogP contribution in [0.1, 0.15) is 116 Å². The molecule has 0 saturated heterocycles. The van der Waals surface area contributed by atoms with Gasteiger partial charge in [0.2, 0.25) is 5.91 Å². The van der Waals surface area contributed by atoms with Crippen LogP contribution in [0.2, 0.25) is 0 Å². The van der Waals surface area contributed by atoms with Crippen molar-refractivity contribution in [2.45, 2.75) is 125 Å². The first-order valence-corrected chi connectivity index (χ1v) is 19.4. The Morgan fingerprint density at radius 1 is 0.831 bits per heavy atom. The smallest absolute Gasteiger partial charge is 0.425 e. The van der Waals surface area contributed by atoms with Crippen LogP contribution in [0.3, 0.4) is 0 Å². The van der Waals surface area contributed by atoms with Crippen LogP contribution in [0.5, 0.6) is 5.75 Å². The van der Waals surface area contributed by atoms with Crippen LogP contribution in [0, 0.1) is 12.7 Å². The number of halogens is 1. The number of anilines is 2. The van der Waals surface area contributed by atoms with Gasteiger partial charge in [-0.05, 0) is 143 Å². The van der Waals surface area contributed by atoms with E-state index in [9.17, 15) is 24.0 Å². The van der Waals surface area contributed by atoms with Gasteiger partial charge in [-0.3, -0.25) is 9.59 Å². The van der Waals surface area contributed by atoms with Crippen molar-refractivity contribution in [3.8, 4) is 17.0 Å². The average Bonchev–Trinajstić information content (AvgIpc) is 3.96. The van der Waals surface area contributed by atoms with Crippen LogP contribution in [-0.2, 0) is 19.0 Å². The Morgan fingerprint density at radius 3 is 1.85 bits per heavy atom. The third-order valence-corrected chi connectivity index (χ3v) is 8.76. The molecule has 3 aromatic rings. The van der Waals surface area contributed by atoms with Gasteiger partial charge in [0.25, 0.3) is 5.91 Å². The molecule has 4 rings (SSSR count). The van der Waals surface area contributed by atoms with Crippen LogP contribution in [-0.4, -0.2) is 81.5 Å². The Morgan fingerprint density at radius 2 is 1.36 bits per heavy atom. The SMILES string of the molecule is CC=CC(=O)N(C)[C@@H](C)COc1c(-c2cc(F)cc(N(C(=O)OC(C)(C)C)C(=O)c3ccc(C4CC4)cc3)c2C)ncnc1N(C(=O)OC(C)(C)C)C(=O)OC(C)(C)C. The summed E-state index contributed by atoms with van der Waals surface area (Å²) in [7, 11) is 1.57. The lowest BCUT2D eigenvalue weighted by Crippen LogP contribution is -2.44. The first kappa shape index (κ1) is 45.8. The molecule has 0 spiro atoms. The van der Waals surface area contributed by atoms with Crippen LogP contribution in [0.4, 0.5) is 30.3 Å². The molecule has 318 valence electrons. The number of likely N-dealkylation sites (N-methyl/N-ethyl adjacent to an activating group) is 1. The molecule has 1 aliphatic carbocycles. The number of carbonyl (C=O) groups excluding carboxylic acids is 5. The molecule has 1 fully saturated rings. The lowest BCUT2D eigenvalue weighted by molar-refractivity contribution is -0.127. The van der Waals surface area contributed by atoms with Crippen LogP contribution in [0.15, 0.2) is 54.9 Å². The molecule has 0 radical (unpaired) electrons. The highest BCUT2D eigenvalue weighted by atomic mass is 19.1. The lowest BCUT2D eigenvalue weighted by Gasteiger charge is -2.30. The maximum Gasteiger partial charge on any atom is 0.425 e. The third kappa shape index (κ3) is 12.1. The molecule has 0 unspecified atom stereocenters. The summed E-state index contributed by atoms with van der Waals surface area (Å²) in [6.07, 6.45) is 2.71. The normalized spacial score (nSPS) is 13.7. The number of rotatable bonds is 10. The molecular weight excluding hydrogens is 762 g/mol. The summed E-state index contributed by atoms with van der Waals surface area (Å²) in [5.74, 6) is -2.27. The van der Waals surface area contributed by atoms with Gasteiger partial charge >= 0.3 is 18.3 Å². The molecule has 0 N–H and O–H groups in total. The minimum atomic E-state index is -1.17. The van der Waals surface area contributed by atoms with Crippen LogP contribution in [0.25, 0.3) is 11.3 Å². The van der Waals surface area contributed by atoms with E-state index in [1.54, 1.807) is 108 Å². The van der Waals surface area contributed by atoms with E-state index in [0.29, 0.717) is 10.8 Å². The van der Waals surface area contributed by atoms with Gasteiger partial charge in [0.05, 0.1) is 11.7 Å². The molecule has 1 heterocycles. The number of hydrogen-bond acceptors (Lipinski definition) is 11. The standard InChI is InChI=1S/C44H56FN5O9/c1-14-15-34(51)48(13)26(2)24-56-36-35(46-25-47-37(36)50(40(54)58-43(7,8)9)41(55)59-44(10,11)12)32-22-31(45)23-33(27(32)3)49(39(53)57-42(4,5)6)38(52)30-20-18-29(19-21-30)28-16-17-28/h14-15,18-23,25-26,28H,16-17,24H2,1-13H3/t26-/m0/s1. The second-order valence-electron chi connectivity index (χ2n) is 17.4. The number of aromatic nitrogens is 2. The summed E-state index contributed by atoms with van der Waals surface area (Å²) in [6, 6.07) is 8.43. The fourth-order valence-corrected chi connectivity index (χ4v) is 5.69. The largest absolute Gasteiger partial charge is 0.485 e. The van der Waals surface area contributed by atoms with E-state index in [-0.39, 0.29) is 46.3 Å². The number of benzene rings is 2. The Hall–Kier alpha value is -5.86. The highest BCUT2D eigenvalue weighted by Crippen LogP contribution is 2.42. The van der Waals surface area contributed by atoms with E-state index in [4.69, 9.17) is 18.9 Å². The van der Waals surface area contributed by atoms with Gasteiger partial charge in [-0.15, -0.1) is 0 Å². The zero-order valence-electron chi connectivity index (χ0n) is 36.3. The molecule has 0 aliphatic heterocycles. The summed E-state index contributed by atoms with van der Waals surface area (Å²) >= 11 is 0. The summed E-state index contributed by atoms with van der Waals surface area (Å²) in [4.78, 5) is 80.3. The Bertz CT molecular complexity index is 2070. The number of allylic oxidation sites excluding steroid dienone is 1. The predicted octanol–water partition coefficient (Wildman–Crippen LogP) is 9.53. The highest BCUT2D eigenvalue weighted by Gasteiger charge is 2.38. The number of hydrogen-bond donors (Lipinski definition) is 0. The number of nitrogens with zero attached hydrogens (tertiary/aromatic N) is 5. The number of imide groups is 2. The first-order chi connectivity index (χ1) is 27.3. The third-order valence-electron chi connectivity index (χ3n) is 8.76. The van der Waals surface area contributed by atoms with Gasteiger partial charge in [-0.25, -0.2) is 33.6 Å². The number of amides is 5. The van der Waals surface area contributed by atoms with E-state index in [0.717, 1.165) is 41.8 Å². The van der Waals surface area contributed by atoms with Gasteiger partial charge < -0.3 is 23.8 Å². The Balaban J connectivity index is 1.99. The minimum absolute atomic E-state index is 0.00316. The van der Waals surface area contributed by atoms with Crippen molar-refractivity contribution >= 4 is 41.6 Å². The molecule has 15 heteroatoms. The predicted molar refractivity (Wildman–Crippen MR) is 221 cm³/mol. The average molecular weight is 818 g/mol. The fourth-order valence-electron chi connectivity index (χ4n) is 5.69. The van der Waals surface area contributed by atoms with Gasteiger partial charge in [0, 0.05) is 18.2 Å². The summed E-state index contributed by atoms with van der Waals surface area (Å²) < 4.78 is 39.4. The Kier molecular flexibility index (Phi) is 14.0. The zero-order valence-corrected chi connectivity index (χ0v) is 36.3. The second-order valence-corrected chi connectivity index (χ2v) is 17.4. The first-order valence-electron chi connectivity index (χ1n) is 19.4. The van der Waals surface area contributed by atoms with Gasteiger partial charge in [0.1, 0.15) is 41.2 Å². The van der Waals surface area contributed by atoms with Gasteiger partial charge in [0.15, 0.2) is 11.6 Å². The highest BCUT2D eigenvalue weighted by molar-refractivity contribution is 6.20. The van der Waals surface area contributed by atoms with Crippen molar-refractivity contribution in [1.29, 1.82) is 0 Å². The van der Waals surface area contributed by atoms with Crippen molar-refractivity contribution in [2.24, 2.45) is 0 Å². The molecule has 59 heavy (non-hydrogen) atoms. The maximum absolute atomic E-state index is 16.1. The second kappa shape index (κ2) is 18.0. The van der Waals surface area contributed by atoms with Crippen LogP contribution < -0.4 is 14.5 Å². The van der Waals surface area contributed by atoms with Gasteiger partial charge in [-0.1, -0.05) is 18.2 Å². The summed E-state index contributed by atoms with van der Waals surface area (Å²) in [5.41, 5.74) is -2.10. The van der Waals surface area contributed by atoms with E-state index >= 15 is 4.39 Å². The van der Waals surface area contributed by atoms with Crippen LogP contribution >= 0.6 is 0 Å². The minimum Gasteiger partial charge on any atom is -0.485 e. The van der Waals surface area contributed by atoms with E-state index in [2.05, 4.69) is 9.97 Å². The molecule has 5 amide bonds. The lowest BCUT2D eigenvalue weighted by atomic mass is 10.0. The molecule has 1 atom stereocenters. The Labute approximate surface area is 345 Å². The van der Waals surface area contributed by atoms with E-state index in [1.165, 1.54) is 11.0 Å². The van der Waals surface area contributed by atoms with E-state index in [1.807, 2.05) is 12.1 Å². The van der Waals surface area contributed by atoms with Crippen molar-refractivity contribution in [2.75, 3.05) is 23.5 Å². The number of carbonyl (C=O) groups is 5. The monoisotopic (exact) mass is 817 g/mol. The maximum atomic E-state index is 16.1. The van der Waals surface area contributed by atoms with Crippen molar-refractivity contribution in [1.82, 2.24) is 14.9 Å². The molecule has 1 aromatic heterocycles. The molecule has 0 bridgehead atoms. The van der Waals surface area contributed by atoms with Crippen molar-refractivity contribution in [3.05, 3.63) is 77.4 Å². The van der Waals surface area contributed by atoms with Crippen molar-refractivity contribution in [3.63, 3.8) is 0 Å².